The molecule has 0 aromatic heterocycles. The van der Waals surface area contributed by atoms with Gasteiger partial charge in [-0.15, -0.1) is 0 Å². The van der Waals surface area contributed by atoms with Crippen LogP contribution >= 0.6 is 0 Å². The molecule has 1 saturated carbocycles. The largest absolute Gasteiger partial charge is 0.396 e. The molecule has 2 atom stereocenters. The molecule has 64 valence electrons. The first kappa shape index (κ1) is 8.79. The van der Waals surface area contributed by atoms with Crippen LogP contribution in [0.4, 0.5) is 0 Å². The molecule has 0 radical (unpaired) electrons. The maximum Gasteiger partial charge on any atom is 0.0467 e. The first-order valence-corrected chi connectivity index (χ1v) is 4.28. The lowest BCUT2D eigenvalue weighted by molar-refractivity contribution is 0.121. The SMILES string of the molecule is C=C1C[C@H](CO)C(C)(C)[C@H]1C. The molecule has 0 spiro atoms. The Labute approximate surface area is 69.1 Å². The molecule has 1 nitrogen and oxygen atoms in total. The van der Waals surface area contributed by atoms with Gasteiger partial charge in [0.2, 0.25) is 0 Å². The van der Waals surface area contributed by atoms with Crippen molar-refractivity contribution in [3.05, 3.63) is 12.2 Å². The van der Waals surface area contributed by atoms with Crippen molar-refractivity contribution in [1.29, 1.82) is 0 Å². The van der Waals surface area contributed by atoms with Crippen LogP contribution < -0.4 is 0 Å². The molecule has 0 aromatic rings. The molecule has 1 heteroatoms. The maximum absolute atomic E-state index is 9.10. The van der Waals surface area contributed by atoms with Gasteiger partial charge in [-0.25, -0.2) is 0 Å². The van der Waals surface area contributed by atoms with Crippen molar-refractivity contribution in [2.75, 3.05) is 6.61 Å². The van der Waals surface area contributed by atoms with Crippen LogP contribution in [0.5, 0.6) is 0 Å². The van der Waals surface area contributed by atoms with Gasteiger partial charge in [0, 0.05) is 6.61 Å². The molecule has 11 heavy (non-hydrogen) atoms. The van der Waals surface area contributed by atoms with E-state index in [4.69, 9.17) is 5.11 Å². The van der Waals surface area contributed by atoms with E-state index in [9.17, 15) is 0 Å². The Bertz CT molecular complexity index is 170. The maximum atomic E-state index is 9.10. The number of aliphatic hydroxyl groups is 1. The van der Waals surface area contributed by atoms with Crippen LogP contribution in [0.2, 0.25) is 0 Å². The predicted molar refractivity (Wildman–Crippen MR) is 47.3 cm³/mol. The summed E-state index contributed by atoms with van der Waals surface area (Å²) < 4.78 is 0. The molecule has 0 aliphatic heterocycles. The highest BCUT2D eigenvalue weighted by Crippen LogP contribution is 2.49. The number of rotatable bonds is 1. The van der Waals surface area contributed by atoms with Crippen molar-refractivity contribution in [3.63, 3.8) is 0 Å². The molecule has 0 bridgehead atoms. The summed E-state index contributed by atoms with van der Waals surface area (Å²) in [5.41, 5.74) is 1.54. The van der Waals surface area contributed by atoms with Gasteiger partial charge in [0.25, 0.3) is 0 Å². The summed E-state index contributed by atoms with van der Waals surface area (Å²) >= 11 is 0. The zero-order chi connectivity index (χ0) is 8.65. The van der Waals surface area contributed by atoms with Crippen molar-refractivity contribution < 1.29 is 5.11 Å². The van der Waals surface area contributed by atoms with E-state index in [0.717, 1.165) is 6.42 Å². The van der Waals surface area contributed by atoms with Crippen LogP contribution in [0.3, 0.4) is 0 Å². The van der Waals surface area contributed by atoms with E-state index < -0.39 is 0 Å². The van der Waals surface area contributed by atoms with E-state index in [0.29, 0.717) is 18.4 Å². The van der Waals surface area contributed by atoms with Gasteiger partial charge in [-0.1, -0.05) is 32.9 Å². The Balaban J connectivity index is 2.82. The zero-order valence-corrected chi connectivity index (χ0v) is 7.72. The minimum atomic E-state index is 0.242. The van der Waals surface area contributed by atoms with Crippen LogP contribution in [-0.4, -0.2) is 11.7 Å². The highest BCUT2D eigenvalue weighted by atomic mass is 16.3. The average Bonchev–Trinajstić information content (AvgIpc) is 2.13. The minimum Gasteiger partial charge on any atom is -0.396 e. The molecule has 1 aliphatic rings. The third-order valence-electron chi connectivity index (χ3n) is 3.51. The topological polar surface area (TPSA) is 20.2 Å². The first-order chi connectivity index (χ1) is 5.00. The smallest absolute Gasteiger partial charge is 0.0467 e. The van der Waals surface area contributed by atoms with Gasteiger partial charge in [-0.3, -0.25) is 0 Å². The molecule has 0 unspecified atom stereocenters. The normalized spacial score (nSPS) is 36.2. The lowest BCUT2D eigenvalue weighted by Crippen LogP contribution is -2.25. The van der Waals surface area contributed by atoms with Crippen LogP contribution in [0.1, 0.15) is 27.2 Å². The molecule has 1 rings (SSSR count). The zero-order valence-electron chi connectivity index (χ0n) is 7.72. The van der Waals surface area contributed by atoms with Crippen molar-refractivity contribution >= 4 is 0 Å². The molecular weight excluding hydrogens is 136 g/mol. The Morgan fingerprint density at radius 2 is 2.18 bits per heavy atom. The van der Waals surface area contributed by atoms with Crippen molar-refractivity contribution in [3.8, 4) is 0 Å². The van der Waals surface area contributed by atoms with E-state index in [1.165, 1.54) is 5.57 Å². The number of hydrogen-bond acceptors (Lipinski definition) is 1. The molecular formula is C10H18O. The Hall–Kier alpha value is -0.300. The Morgan fingerprint density at radius 1 is 1.64 bits per heavy atom. The standard InChI is InChI=1S/C10H18O/c1-7-5-9(6-11)10(3,4)8(7)2/h8-9,11H,1,5-6H2,2-4H3/t8-,9+/m0/s1. The quantitative estimate of drug-likeness (QED) is 0.574. The molecule has 0 amide bonds. The fraction of sp³-hybridized carbons (Fsp3) is 0.800. The highest BCUT2D eigenvalue weighted by Gasteiger charge is 2.41. The second kappa shape index (κ2) is 2.63. The Kier molecular flexibility index (Phi) is 2.10. The first-order valence-electron chi connectivity index (χ1n) is 4.28. The monoisotopic (exact) mass is 154 g/mol. The fourth-order valence-electron chi connectivity index (χ4n) is 1.94. The lowest BCUT2D eigenvalue weighted by atomic mass is 9.76. The summed E-state index contributed by atoms with van der Waals surface area (Å²) in [5, 5.41) is 9.10. The van der Waals surface area contributed by atoms with E-state index >= 15 is 0 Å². The van der Waals surface area contributed by atoms with Gasteiger partial charge in [0.05, 0.1) is 0 Å². The van der Waals surface area contributed by atoms with Gasteiger partial charge in [-0.2, -0.15) is 0 Å². The average molecular weight is 154 g/mol. The van der Waals surface area contributed by atoms with E-state index in [1.54, 1.807) is 0 Å². The highest BCUT2D eigenvalue weighted by molar-refractivity contribution is 5.14. The van der Waals surface area contributed by atoms with Crippen LogP contribution in [-0.2, 0) is 0 Å². The molecule has 0 saturated heterocycles. The summed E-state index contributed by atoms with van der Waals surface area (Å²) in [5.74, 6) is 0.977. The molecule has 1 N–H and O–H groups in total. The second-order valence-corrected chi connectivity index (χ2v) is 4.28. The Morgan fingerprint density at radius 3 is 2.36 bits per heavy atom. The van der Waals surface area contributed by atoms with Crippen molar-refractivity contribution in [1.82, 2.24) is 0 Å². The predicted octanol–water partition coefficient (Wildman–Crippen LogP) is 2.22. The minimum absolute atomic E-state index is 0.242. The van der Waals surface area contributed by atoms with Crippen molar-refractivity contribution in [2.45, 2.75) is 27.2 Å². The third kappa shape index (κ3) is 1.22. The van der Waals surface area contributed by atoms with E-state index in [1.807, 2.05) is 0 Å². The van der Waals surface area contributed by atoms with Crippen molar-refractivity contribution in [2.24, 2.45) is 17.3 Å². The van der Waals surface area contributed by atoms with Gasteiger partial charge < -0.3 is 5.11 Å². The van der Waals surface area contributed by atoms with Gasteiger partial charge in [0.1, 0.15) is 0 Å². The molecule has 1 fully saturated rings. The summed E-state index contributed by atoms with van der Waals surface area (Å²) in [7, 11) is 0. The summed E-state index contributed by atoms with van der Waals surface area (Å²) in [6.45, 7) is 11.0. The summed E-state index contributed by atoms with van der Waals surface area (Å²) in [6.07, 6.45) is 1.00. The molecule has 0 heterocycles. The van der Waals surface area contributed by atoms with E-state index in [2.05, 4.69) is 27.4 Å². The molecule has 1 aliphatic carbocycles. The third-order valence-corrected chi connectivity index (χ3v) is 3.51. The summed E-state index contributed by atoms with van der Waals surface area (Å²) in [6, 6.07) is 0. The second-order valence-electron chi connectivity index (χ2n) is 4.28. The van der Waals surface area contributed by atoms with Crippen LogP contribution in [0.25, 0.3) is 0 Å². The number of hydrogen-bond donors (Lipinski definition) is 1. The van der Waals surface area contributed by atoms with Crippen LogP contribution in [0, 0.1) is 17.3 Å². The number of allylic oxidation sites excluding steroid dienone is 1. The lowest BCUT2D eigenvalue weighted by Gasteiger charge is -2.29. The van der Waals surface area contributed by atoms with Gasteiger partial charge >= 0.3 is 0 Å². The van der Waals surface area contributed by atoms with Gasteiger partial charge in [-0.05, 0) is 23.7 Å². The number of aliphatic hydroxyl groups excluding tert-OH is 1. The van der Waals surface area contributed by atoms with Crippen LogP contribution in [0.15, 0.2) is 12.2 Å². The van der Waals surface area contributed by atoms with E-state index in [-0.39, 0.29) is 5.41 Å². The van der Waals surface area contributed by atoms with Gasteiger partial charge in [0.15, 0.2) is 0 Å². The summed E-state index contributed by atoms with van der Waals surface area (Å²) in [4.78, 5) is 0. The fourth-order valence-corrected chi connectivity index (χ4v) is 1.94. The molecule has 0 aromatic carbocycles.